The molecule has 11 heteroatoms. The van der Waals surface area contributed by atoms with E-state index in [1.54, 1.807) is 22.8 Å². The molecule has 5 rings (SSSR count). The van der Waals surface area contributed by atoms with Crippen LogP contribution in [0.2, 0.25) is 0 Å². The Kier molecular flexibility index (Phi) is 5.20. The van der Waals surface area contributed by atoms with Gasteiger partial charge in [-0.25, -0.2) is 19.7 Å². The van der Waals surface area contributed by atoms with Gasteiger partial charge in [0.1, 0.15) is 35.7 Å². The molecule has 1 fully saturated rings. The van der Waals surface area contributed by atoms with E-state index in [2.05, 4.69) is 15.0 Å². The Balaban J connectivity index is 1.52. The largest absolute Gasteiger partial charge is 0.423 e. The van der Waals surface area contributed by atoms with E-state index in [9.17, 15) is 20.1 Å². The Morgan fingerprint density at radius 2 is 2.03 bits per heavy atom. The molecule has 3 aromatic heterocycles. The minimum absolute atomic E-state index is 0.249. The normalized spacial score (nSPS) is 23.7. The Labute approximate surface area is 179 Å². The van der Waals surface area contributed by atoms with Gasteiger partial charge in [0.2, 0.25) is 0 Å². The number of para-hydroxylation sites is 1. The highest BCUT2D eigenvalue weighted by molar-refractivity contribution is 7.98. The molecule has 1 aliphatic rings. The van der Waals surface area contributed by atoms with E-state index in [4.69, 9.17) is 9.15 Å². The van der Waals surface area contributed by atoms with Crippen LogP contribution < -0.4 is 5.63 Å². The van der Waals surface area contributed by atoms with Crippen molar-refractivity contribution in [2.24, 2.45) is 0 Å². The number of nitrogens with zero attached hydrogens (tertiary/aromatic N) is 4. The van der Waals surface area contributed by atoms with Crippen LogP contribution in [0, 0.1) is 0 Å². The van der Waals surface area contributed by atoms with Gasteiger partial charge < -0.3 is 24.5 Å². The molecule has 4 heterocycles. The molecular weight excluding hydrogens is 424 g/mol. The summed E-state index contributed by atoms with van der Waals surface area (Å²) < 4.78 is 12.6. The zero-order valence-electron chi connectivity index (χ0n) is 16.0. The maximum Gasteiger partial charge on any atom is 0.340 e. The fourth-order valence-corrected chi connectivity index (χ4v) is 4.58. The highest BCUT2D eigenvalue weighted by Crippen LogP contribution is 2.36. The first-order chi connectivity index (χ1) is 15.1. The molecule has 0 radical (unpaired) electrons. The van der Waals surface area contributed by atoms with Crippen molar-refractivity contribution < 1.29 is 24.5 Å². The van der Waals surface area contributed by atoms with Crippen LogP contribution in [-0.2, 0) is 10.5 Å². The first-order valence-electron chi connectivity index (χ1n) is 9.52. The number of fused-ring (bicyclic) bond motifs is 2. The fraction of sp³-hybridized carbons (Fsp3) is 0.300. The predicted octanol–water partition coefficient (Wildman–Crippen LogP) is 0.836. The highest BCUT2D eigenvalue weighted by atomic mass is 32.2. The summed E-state index contributed by atoms with van der Waals surface area (Å²) in [6, 6.07) is 9.01. The van der Waals surface area contributed by atoms with Gasteiger partial charge in [0.05, 0.1) is 12.8 Å². The van der Waals surface area contributed by atoms with Crippen molar-refractivity contribution in [2.75, 3.05) is 6.61 Å². The summed E-state index contributed by atoms with van der Waals surface area (Å²) in [4.78, 5) is 25.1. The molecule has 0 amide bonds. The molecule has 0 spiro atoms. The molecule has 0 saturated carbocycles. The zero-order valence-corrected chi connectivity index (χ0v) is 16.8. The Morgan fingerprint density at radius 3 is 2.84 bits per heavy atom. The van der Waals surface area contributed by atoms with Crippen LogP contribution >= 0.6 is 11.8 Å². The fourth-order valence-electron chi connectivity index (χ4n) is 3.60. The van der Waals surface area contributed by atoms with E-state index in [0.717, 1.165) is 5.39 Å². The lowest BCUT2D eigenvalue weighted by atomic mass is 10.1. The monoisotopic (exact) mass is 442 g/mol. The number of ether oxygens (including phenoxy) is 1. The second-order valence-corrected chi connectivity index (χ2v) is 8.05. The smallest absolute Gasteiger partial charge is 0.340 e. The summed E-state index contributed by atoms with van der Waals surface area (Å²) in [7, 11) is 0. The van der Waals surface area contributed by atoms with Crippen molar-refractivity contribution in [3.8, 4) is 0 Å². The van der Waals surface area contributed by atoms with Gasteiger partial charge in [-0.05, 0) is 12.1 Å². The van der Waals surface area contributed by atoms with Crippen molar-refractivity contribution >= 4 is 33.9 Å². The van der Waals surface area contributed by atoms with Gasteiger partial charge in [0.15, 0.2) is 17.0 Å². The highest BCUT2D eigenvalue weighted by Gasteiger charge is 2.44. The number of aliphatic hydroxyl groups is 3. The van der Waals surface area contributed by atoms with Crippen molar-refractivity contribution in [1.29, 1.82) is 0 Å². The van der Waals surface area contributed by atoms with Crippen LogP contribution in [0.25, 0.3) is 22.1 Å². The van der Waals surface area contributed by atoms with Gasteiger partial charge in [0.25, 0.3) is 0 Å². The summed E-state index contributed by atoms with van der Waals surface area (Å²) in [5.41, 5.74) is 1.39. The molecule has 0 aliphatic carbocycles. The molecule has 31 heavy (non-hydrogen) atoms. The second kappa shape index (κ2) is 8.02. The zero-order chi connectivity index (χ0) is 21.5. The minimum Gasteiger partial charge on any atom is -0.423 e. The van der Waals surface area contributed by atoms with E-state index in [1.165, 1.54) is 24.3 Å². The van der Waals surface area contributed by atoms with E-state index in [1.807, 2.05) is 12.1 Å². The van der Waals surface area contributed by atoms with Gasteiger partial charge in [-0.3, -0.25) is 4.57 Å². The number of benzene rings is 1. The summed E-state index contributed by atoms with van der Waals surface area (Å²) >= 11 is 1.24. The number of imidazole rings is 1. The predicted molar refractivity (Wildman–Crippen MR) is 110 cm³/mol. The molecule has 1 aliphatic heterocycles. The Bertz CT molecular complexity index is 1310. The van der Waals surface area contributed by atoms with Gasteiger partial charge in [-0.1, -0.05) is 30.0 Å². The molecule has 1 saturated heterocycles. The number of aliphatic hydroxyl groups excluding tert-OH is 3. The average molecular weight is 442 g/mol. The SMILES string of the molecule is O=c1oc2ccccc2cc1CSc1nc2cncnc2n1[C@@H]1O[C@H](CO)[C@@H](O)[C@H]1O. The molecular formula is C20H18N4O6S. The Hall–Kier alpha value is -2.83. The number of hydrogen-bond donors (Lipinski definition) is 3. The van der Waals surface area contributed by atoms with Crippen molar-refractivity contribution in [3.05, 3.63) is 58.8 Å². The standard InChI is InChI=1S/C20H18N4O6S/c25-7-14-15(26)16(27)18(29-14)24-17-12(6-21-9-22-17)23-20(24)31-8-11-5-10-3-1-2-4-13(10)30-19(11)28/h1-6,9,14-16,18,25-27H,7-8H2/t14-,15-,16-,18-/m1/s1. The van der Waals surface area contributed by atoms with Crippen LogP contribution in [0.3, 0.4) is 0 Å². The quantitative estimate of drug-likeness (QED) is 0.300. The summed E-state index contributed by atoms with van der Waals surface area (Å²) in [5.74, 6) is 0.249. The molecule has 4 atom stereocenters. The number of hydrogen-bond acceptors (Lipinski definition) is 10. The number of rotatable bonds is 5. The first-order valence-corrected chi connectivity index (χ1v) is 10.5. The van der Waals surface area contributed by atoms with Gasteiger partial charge in [-0.15, -0.1) is 0 Å². The van der Waals surface area contributed by atoms with Gasteiger partial charge in [-0.2, -0.15) is 0 Å². The number of aromatic nitrogens is 4. The topological polar surface area (TPSA) is 144 Å². The van der Waals surface area contributed by atoms with Crippen LogP contribution in [0.1, 0.15) is 11.8 Å². The molecule has 4 aromatic rings. The maximum absolute atomic E-state index is 12.4. The lowest BCUT2D eigenvalue weighted by Crippen LogP contribution is -2.33. The molecule has 0 unspecified atom stereocenters. The Morgan fingerprint density at radius 1 is 1.19 bits per heavy atom. The van der Waals surface area contributed by atoms with Crippen LogP contribution in [0.15, 0.2) is 57.2 Å². The van der Waals surface area contributed by atoms with Crippen molar-refractivity contribution in [2.45, 2.75) is 35.4 Å². The third-order valence-electron chi connectivity index (χ3n) is 5.16. The summed E-state index contributed by atoms with van der Waals surface area (Å²) in [5, 5.41) is 31.3. The maximum atomic E-state index is 12.4. The van der Waals surface area contributed by atoms with Gasteiger partial charge in [0, 0.05) is 16.7 Å². The summed E-state index contributed by atoms with van der Waals surface area (Å²) in [6.07, 6.45) is -1.65. The van der Waals surface area contributed by atoms with Crippen LogP contribution in [0.4, 0.5) is 0 Å². The summed E-state index contributed by atoms with van der Waals surface area (Å²) in [6.45, 7) is -0.447. The first kappa shape index (κ1) is 20.1. The van der Waals surface area contributed by atoms with E-state index < -0.39 is 36.8 Å². The molecule has 10 nitrogen and oxygen atoms in total. The molecule has 3 N–H and O–H groups in total. The molecule has 1 aromatic carbocycles. The van der Waals surface area contributed by atoms with Crippen molar-refractivity contribution in [1.82, 2.24) is 19.5 Å². The van der Waals surface area contributed by atoms with Crippen LogP contribution in [-0.4, -0.2) is 59.8 Å². The van der Waals surface area contributed by atoms with Crippen LogP contribution in [0.5, 0.6) is 0 Å². The molecule has 0 bridgehead atoms. The second-order valence-electron chi connectivity index (χ2n) is 7.11. The lowest BCUT2D eigenvalue weighted by molar-refractivity contribution is -0.0548. The van der Waals surface area contributed by atoms with Gasteiger partial charge >= 0.3 is 5.63 Å². The number of thioether (sulfide) groups is 1. The minimum atomic E-state index is -1.30. The van der Waals surface area contributed by atoms with E-state index in [0.29, 0.717) is 27.5 Å². The van der Waals surface area contributed by atoms with E-state index >= 15 is 0 Å². The molecule has 160 valence electrons. The third kappa shape index (κ3) is 3.50. The average Bonchev–Trinajstić information content (AvgIpc) is 3.29. The third-order valence-corrected chi connectivity index (χ3v) is 6.17. The van der Waals surface area contributed by atoms with E-state index in [-0.39, 0.29) is 5.75 Å². The lowest BCUT2D eigenvalue weighted by Gasteiger charge is -2.19. The van der Waals surface area contributed by atoms with Crippen molar-refractivity contribution in [3.63, 3.8) is 0 Å².